The van der Waals surface area contributed by atoms with Gasteiger partial charge in [-0.05, 0) is 50.4 Å². The molecule has 0 aliphatic carbocycles. The van der Waals surface area contributed by atoms with Gasteiger partial charge in [0.1, 0.15) is 0 Å². The minimum Gasteiger partial charge on any atom is -0.337 e. The highest BCUT2D eigenvalue weighted by atomic mass is 32.2. The molecule has 1 saturated heterocycles. The standard InChI is InChI=1S/C21H33N3O4S/c1-15(2)11-24(18-9-10-29(27,28)14-18)21(26)13-23(5)12-20(25)22-19-8-6-7-16(3)17(19)4/h6-8,15,18H,9-14H2,1-5H3,(H,22,25)/t18-/m0/s1. The van der Waals surface area contributed by atoms with Crippen LogP contribution in [-0.2, 0) is 19.4 Å². The molecule has 29 heavy (non-hydrogen) atoms. The SMILES string of the molecule is Cc1cccc(NC(=O)CN(C)CC(=O)N(CC(C)C)[C@H]2CCS(=O)(=O)C2)c1C. The van der Waals surface area contributed by atoms with E-state index in [4.69, 9.17) is 0 Å². The van der Waals surface area contributed by atoms with Crippen LogP contribution >= 0.6 is 0 Å². The summed E-state index contributed by atoms with van der Waals surface area (Å²) in [5.74, 6) is 0.0754. The van der Waals surface area contributed by atoms with Crippen molar-refractivity contribution in [2.45, 2.75) is 40.2 Å². The Kier molecular flexibility index (Phi) is 7.82. The van der Waals surface area contributed by atoms with E-state index in [0.717, 1.165) is 16.8 Å². The molecule has 0 saturated carbocycles. The Hall–Kier alpha value is -1.93. The highest BCUT2D eigenvalue weighted by Crippen LogP contribution is 2.20. The molecular weight excluding hydrogens is 390 g/mol. The molecule has 1 fully saturated rings. The molecule has 1 N–H and O–H groups in total. The summed E-state index contributed by atoms with van der Waals surface area (Å²) in [5, 5.41) is 2.90. The third-order valence-corrected chi connectivity index (χ3v) is 6.98. The molecule has 1 heterocycles. The van der Waals surface area contributed by atoms with E-state index >= 15 is 0 Å². The third-order valence-electron chi connectivity index (χ3n) is 5.23. The van der Waals surface area contributed by atoms with Gasteiger partial charge < -0.3 is 10.2 Å². The van der Waals surface area contributed by atoms with Gasteiger partial charge in [-0.25, -0.2) is 8.42 Å². The molecule has 1 aliphatic heterocycles. The summed E-state index contributed by atoms with van der Waals surface area (Å²) >= 11 is 0. The number of carbonyl (C=O) groups is 2. The van der Waals surface area contributed by atoms with E-state index in [1.165, 1.54) is 0 Å². The Morgan fingerprint density at radius 1 is 1.21 bits per heavy atom. The maximum atomic E-state index is 12.9. The van der Waals surface area contributed by atoms with Gasteiger partial charge in [0.15, 0.2) is 9.84 Å². The first kappa shape index (κ1) is 23.3. The number of anilines is 1. The third kappa shape index (κ3) is 6.82. The number of hydrogen-bond donors (Lipinski definition) is 1. The summed E-state index contributed by atoms with van der Waals surface area (Å²) < 4.78 is 23.7. The topological polar surface area (TPSA) is 86.8 Å². The van der Waals surface area contributed by atoms with Crippen LogP contribution in [0.4, 0.5) is 5.69 Å². The zero-order valence-corrected chi connectivity index (χ0v) is 18.9. The molecule has 0 spiro atoms. The zero-order chi connectivity index (χ0) is 21.8. The van der Waals surface area contributed by atoms with Crippen molar-refractivity contribution in [2.24, 2.45) is 5.92 Å². The lowest BCUT2D eigenvalue weighted by Crippen LogP contribution is -2.48. The van der Waals surface area contributed by atoms with Gasteiger partial charge in [-0.3, -0.25) is 14.5 Å². The maximum absolute atomic E-state index is 12.9. The smallest absolute Gasteiger partial charge is 0.238 e. The minimum absolute atomic E-state index is 0.0301. The number of amides is 2. The molecule has 2 rings (SSSR count). The lowest BCUT2D eigenvalue weighted by Gasteiger charge is -2.31. The fourth-order valence-corrected chi connectivity index (χ4v) is 5.30. The number of rotatable bonds is 8. The number of benzene rings is 1. The Morgan fingerprint density at radius 3 is 2.48 bits per heavy atom. The number of hydrogen-bond acceptors (Lipinski definition) is 5. The van der Waals surface area contributed by atoms with Crippen LogP contribution in [0.1, 0.15) is 31.4 Å². The quantitative estimate of drug-likeness (QED) is 0.690. The van der Waals surface area contributed by atoms with E-state index in [-0.39, 0.29) is 48.4 Å². The largest absolute Gasteiger partial charge is 0.337 e. The number of sulfone groups is 1. The predicted molar refractivity (Wildman–Crippen MR) is 116 cm³/mol. The van der Waals surface area contributed by atoms with Gasteiger partial charge in [0.25, 0.3) is 0 Å². The zero-order valence-electron chi connectivity index (χ0n) is 18.1. The molecule has 1 aromatic carbocycles. The summed E-state index contributed by atoms with van der Waals surface area (Å²) in [6.07, 6.45) is 0.484. The molecule has 0 bridgehead atoms. The summed E-state index contributed by atoms with van der Waals surface area (Å²) in [6.45, 7) is 8.62. The summed E-state index contributed by atoms with van der Waals surface area (Å²) in [5.41, 5.74) is 2.89. The molecule has 0 aromatic heterocycles. The summed E-state index contributed by atoms with van der Waals surface area (Å²) in [4.78, 5) is 28.6. The second-order valence-electron chi connectivity index (χ2n) is 8.46. The maximum Gasteiger partial charge on any atom is 0.238 e. The summed E-state index contributed by atoms with van der Waals surface area (Å²) in [7, 11) is -1.35. The van der Waals surface area contributed by atoms with E-state index < -0.39 is 9.84 Å². The average molecular weight is 424 g/mol. The molecule has 8 heteroatoms. The number of nitrogens with one attached hydrogen (secondary N) is 1. The lowest BCUT2D eigenvalue weighted by molar-refractivity contribution is -0.134. The van der Waals surface area contributed by atoms with Crippen LogP contribution in [0.2, 0.25) is 0 Å². The van der Waals surface area contributed by atoms with E-state index in [2.05, 4.69) is 5.32 Å². The van der Waals surface area contributed by atoms with Crippen molar-refractivity contribution in [1.82, 2.24) is 9.80 Å². The van der Waals surface area contributed by atoms with Crippen molar-refractivity contribution in [3.8, 4) is 0 Å². The molecular formula is C21H33N3O4S. The van der Waals surface area contributed by atoms with Crippen LogP contribution in [0, 0.1) is 19.8 Å². The number of aryl methyl sites for hydroxylation is 1. The second-order valence-corrected chi connectivity index (χ2v) is 10.7. The highest BCUT2D eigenvalue weighted by Gasteiger charge is 2.35. The molecule has 1 aromatic rings. The van der Waals surface area contributed by atoms with Crippen molar-refractivity contribution in [2.75, 3.05) is 43.5 Å². The summed E-state index contributed by atoms with van der Waals surface area (Å²) in [6, 6.07) is 5.47. The molecule has 0 radical (unpaired) electrons. The van der Waals surface area contributed by atoms with Crippen LogP contribution in [0.5, 0.6) is 0 Å². The first-order chi connectivity index (χ1) is 13.5. The average Bonchev–Trinajstić information content (AvgIpc) is 2.96. The molecule has 1 aliphatic rings. The Labute approximate surface area is 174 Å². The molecule has 162 valence electrons. The van der Waals surface area contributed by atoms with Crippen molar-refractivity contribution in [3.63, 3.8) is 0 Å². The van der Waals surface area contributed by atoms with Crippen molar-refractivity contribution in [1.29, 1.82) is 0 Å². The normalized spacial score (nSPS) is 18.2. The Morgan fingerprint density at radius 2 is 1.90 bits per heavy atom. The fourth-order valence-electron chi connectivity index (χ4n) is 3.57. The second kappa shape index (κ2) is 9.71. The van der Waals surface area contributed by atoms with Crippen molar-refractivity contribution < 1.29 is 18.0 Å². The van der Waals surface area contributed by atoms with Gasteiger partial charge in [0, 0.05) is 18.3 Å². The van der Waals surface area contributed by atoms with Gasteiger partial charge in [-0.2, -0.15) is 0 Å². The van der Waals surface area contributed by atoms with Crippen LogP contribution in [0.25, 0.3) is 0 Å². The number of nitrogens with zero attached hydrogens (tertiary/aromatic N) is 2. The highest BCUT2D eigenvalue weighted by molar-refractivity contribution is 7.91. The van der Waals surface area contributed by atoms with Gasteiger partial charge in [0.05, 0.1) is 24.6 Å². The number of carbonyl (C=O) groups excluding carboxylic acids is 2. The first-order valence-corrected chi connectivity index (χ1v) is 11.8. The van der Waals surface area contributed by atoms with Gasteiger partial charge >= 0.3 is 0 Å². The van der Waals surface area contributed by atoms with Crippen LogP contribution in [-0.4, -0.2) is 74.3 Å². The minimum atomic E-state index is -3.07. The molecule has 0 unspecified atom stereocenters. The van der Waals surface area contributed by atoms with Crippen molar-refractivity contribution in [3.05, 3.63) is 29.3 Å². The van der Waals surface area contributed by atoms with Crippen LogP contribution in [0.15, 0.2) is 18.2 Å². The van der Waals surface area contributed by atoms with Gasteiger partial charge in [0.2, 0.25) is 11.8 Å². The van der Waals surface area contributed by atoms with Gasteiger partial charge in [-0.15, -0.1) is 0 Å². The van der Waals surface area contributed by atoms with E-state index in [1.807, 2.05) is 45.9 Å². The Balaban J connectivity index is 1.96. The van der Waals surface area contributed by atoms with Gasteiger partial charge in [-0.1, -0.05) is 26.0 Å². The molecule has 1 atom stereocenters. The van der Waals surface area contributed by atoms with E-state index in [0.29, 0.717) is 13.0 Å². The first-order valence-electron chi connectivity index (χ1n) is 10.0. The predicted octanol–water partition coefficient (Wildman–Crippen LogP) is 1.85. The van der Waals surface area contributed by atoms with E-state index in [1.54, 1.807) is 16.8 Å². The molecule has 2 amide bonds. The van der Waals surface area contributed by atoms with E-state index in [9.17, 15) is 18.0 Å². The van der Waals surface area contributed by atoms with Crippen molar-refractivity contribution >= 4 is 27.3 Å². The monoisotopic (exact) mass is 423 g/mol. The number of likely N-dealkylation sites (N-methyl/N-ethyl adjacent to an activating group) is 1. The van der Waals surface area contributed by atoms with Crippen LogP contribution < -0.4 is 5.32 Å². The Bertz CT molecular complexity index is 851. The lowest BCUT2D eigenvalue weighted by atomic mass is 10.1. The van der Waals surface area contributed by atoms with Crippen LogP contribution in [0.3, 0.4) is 0 Å². The fraction of sp³-hybridized carbons (Fsp3) is 0.619. The molecule has 7 nitrogen and oxygen atoms in total.